The van der Waals surface area contributed by atoms with E-state index in [4.69, 9.17) is 22.1 Å². The van der Waals surface area contributed by atoms with Crippen LogP contribution in [0.3, 0.4) is 0 Å². The second kappa shape index (κ2) is 52.2. The summed E-state index contributed by atoms with van der Waals surface area (Å²) in [5.74, 6) is 0. The van der Waals surface area contributed by atoms with Crippen molar-refractivity contribution in [2.75, 3.05) is 0 Å². The van der Waals surface area contributed by atoms with E-state index in [1.165, 1.54) is 0 Å². The zero-order valence-corrected chi connectivity index (χ0v) is 8.14. The molecule has 0 aliphatic carbocycles. The predicted molar refractivity (Wildman–Crippen MR) is 36.4 cm³/mol. The second-order valence-corrected chi connectivity index (χ2v) is 3.55. The molecule has 0 spiro atoms. The van der Waals surface area contributed by atoms with Gasteiger partial charge in [0.05, 0.1) is 0 Å². The van der Waals surface area contributed by atoms with Crippen molar-refractivity contribution in [2.45, 2.75) is 9.88 Å². The zero-order valence-electron chi connectivity index (χ0n) is 5.29. The number of hydrogen-bond acceptors (Lipinski definition) is 2. The Bertz CT molecular complexity index is 75.2. The summed E-state index contributed by atoms with van der Waals surface area (Å²) in [6.45, 7) is 0. The molecule has 0 amide bonds. The van der Waals surface area contributed by atoms with Crippen molar-refractivity contribution >= 4 is 21.1 Å². The van der Waals surface area contributed by atoms with Crippen molar-refractivity contribution in [2.24, 2.45) is 0 Å². The Kier molecular flexibility index (Phi) is 91.6. The van der Waals surface area contributed by atoms with E-state index >= 15 is 0 Å². The van der Waals surface area contributed by atoms with Crippen molar-refractivity contribution < 1.29 is 0 Å². The molecule has 6 nitrogen and oxygen atoms in total. The average molecular weight is 235 g/mol. The smallest absolute Gasteiger partial charge is 0.00208 e. The molecule has 0 heterocycles. The van der Waals surface area contributed by atoms with Gasteiger partial charge in [-0.3, -0.25) is 0 Å². The number of nitrogens with one attached hydrogen (secondary N) is 2. The summed E-state index contributed by atoms with van der Waals surface area (Å²) in [5.41, 5.74) is 24.5. The van der Waals surface area contributed by atoms with E-state index in [0.717, 1.165) is 0 Å². The molecule has 0 aromatic heterocycles. The van der Waals surface area contributed by atoms with Crippen LogP contribution in [0.15, 0.2) is 0 Å². The fraction of sp³-hybridized carbons (Fsp3) is 1.00. The van der Waals surface area contributed by atoms with Crippen molar-refractivity contribution in [1.29, 1.82) is 11.1 Å². The van der Waals surface area contributed by atoms with Gasteiger partial charge < -0.3 is 0 Å². The van der Waals surface area contributed by atoms with Crippen LogP contribution in [0.4, 0.5) is 0 Å². The molecule has 0 fully saturated rings. The maximum Gasteiger partial charge on any atom is -0.00208 e. The minimum atomic E-state index is 0.230. The first kappa shape index (κ1) is 15.8. The molecular weight excluding hydrogens is 227 g/mol. The maximum atomic E-state index is 6.86. The number of nitrogens with zero attached hydrogens (tertiary/aromatic N) is 4. The predicted octanol–water partition coefficient (Wildman–Crippen LogP) is 2.54. The molecule has 0 saturated heterocycles. The standard InChI is InChI=1S/2CH3.2HN3.Sn/c;;2*1-3-2;/h2*1H3;2*1H;/q;;;;+2. The molecule has 0 aromatic carbocycles. The Balaban J connectivity index is -0.0000000600. The third-order valence-electron chi connectivity index (χ3n) is 0. The van der Waals surface area contributed by atoms with Crippen LogP contribution in [0.25, 0.3) is 20.9 Å². The Morgan fingerprint density at radius 1 is 1.11 bits per heavy atom. The number of rotatable bonds is 0. The van der Waals surface area contributed by atoms with Gasteiger partial charge in [0.1, 0.15) is 0 Å². The molecule has 0 aliphatic heterocycles. The number of hydrogen-bond donors (Lipinski definition) is 2. The Hall–Kier alpha value is -0.581. The molecule has 0 aliphatic rings. The molecule has 0 radical (unpaired) electrons. The Morgan fingerprint density at radius 2 is 1.11 bits per heavy atom. The van der Waals surface area contributed by atoms with E-state index in [1.54, 1.807) is 9.82 Å². The van der Waals surface area contributed by atoms with E-state index in [2.05, 4.69) is 9.88 Å². The zero-order chi connectivity index (χ0) is 8.12. The molecule has 2 N–H and O–H groups in total. The Labute approximate surface area is 63.3 Å². The quantitative estimate of drug-likeness (QED) is 0.277. The molecule has 0 saturated carbocycles. The molecule has 0 rings (SSSR count). The normalized spacial score (nSPS) is 2.89. The van der Waals surface area contributed by atoms with Crippen LogP contribution in [0.1, 0.15) is 0 Å². The summed E-state index contributed by atoms with van der Waals surface area (Å²) in [6, 6.07) is 0. The van der Waals surface area contributed by atoms with Gasteiger partial charge in [-0.05, 0) is 20.9 Å². The fourth-order valence-electron chi connectivity index (χ4n) is 0. The molecule has 0 atom stereocenters. The summed E-state index contributed by atoms with van der Waals surface area (Å²) < 4.78 is 0. The summed E-state index contributed by atoms with van der Waals surface area (Å²) >= 11 is 0.230. The summed E-state index contributed by atoms with van der Waals surface area (Å²) in [4.78, 5) is 8.09. The van der Waals surface area contributed by atoms with Gasteiger partial charge in [0, 0.05) is 0 Å². The van der Waals surface area contributed by atoms with Crippen LogP contribution < -0.4 is 0 Å². The van der Waals surface area contributed by atoms with Gasteiger partial charge in [0.2, 0.25) is 0 Å². The van der Waals surface area contributed by atoms with Crippen molar-refractivity contribution in [1.82, 2.24) is 0 Å². The van der Waals surface area contributed by atoms with Crippen LogP contribution in [0.2, 0.25) is 9.88 Å². The third-order valence-corrected chi connectivity index (χ3v) is 0. The van der Waals surface area contributed by atoms with Gasteiger partial charge in [-0.2, -0.15) is 0 Å². The van der Waals surface area contributed by atoms with Gasteiger partial charge >= 0.3 is 31.0 Å². The van der Waals surface area contributed by atoms with E-state index in [-0.39, 0.29) is 21.1 Å². The monoisotopic (exact) mass is 236 g/mol. The SMILES string of the molecule is [CH3][Sn+2][CH3].[N-]=[N+]=N.[N-]=[N+]=N. The van der Waals surface area contributed by atoms with E-state index in [9.17, 15) is 0 Å². The first-order chi connectivity index (χ1) is 4.24. The fourth-order valence-corrected chi connectivity index (χ4v) is 0. The molecule has 0 aromatic rings. The first-order valence-corrected chi connectivity index (χ1v) is 7.56. The van der Waals surface area contributed by atoms with Crippen molar-refractivity contribution in [3.63, 3.8) is 0 Å². The van der Waals surface area contributed by atoms with Crippen LogP contribution >= 0.6 is 0 Å². The van der Waals surface area contributed by atoms with E-state index in [0.29, 0.717) is 0 Å². The van der Waals surface area contributed by atoms with Crippen LogP contribution in [0.5, 0.6) is 0 Å². The summed E-state index contributed by atoms with van der Waals surface area (Å²) in [7, 11) is 0. The third kappa shape index (κ3) is 645. The molecule has 48 valence electrons. The molecule has 7 heteroatoms. The van der Waals surface area contributed by atoms with E-state index in [1.807, 2.05) is 0 Å². The van der Waals surface area contributed by atoms with Crippen LogP contribution in [-0.4, -0.2) is 21.1 Å². The van der Waals surface area contributed by atoms with Gasteiger partial charge in [-0.25, -0.2) is 0 Å². The van der Waals surface area contributed by atoms with Crippen molar-refractivity contribution in [3.05, 3.63) is 20.9 Å². The minimum Gasteiger partial charge on any atom is -0.108 e. The van der Waals surface area contributed by atoms with E-state index < -0.39 is 0 Å². The molecule has 0 bridgehead atoms. The van der Waals surface area contributed by atoms with Crippen LogP contribution in [-0.2, 0) is 0 Å². The summed E-state index contributed by atoms with van der Waals surface area (Å²) in [6.07, 6.45) is 0. The maximum absolute atomic E-state index is 6.86. The Morgan fingerprint density at radius 3 is 1.11 bits per heavy atom. The molecular formula is C2H8N6Sn+2. The van der Waals surface area contributed by atoms with Crippen LogP contribution in [0, 0.1) is 11.1 Å². The largest absolute Gasteiger partial charge is 0.108 e. The molecule has 9 heavy (non-hydrogen) atoms. The van der Waals surface area contributed by atoms with Gasteiger partial charge in [-0.15, -0.1) is 11.1 Å². The summed E-state index contributed by atoms with van der Waals surface area (Å²) in [5, 5.41) is 0. The second-order valence-electron chi connectivity index (χ2n) is 0.700. The average Bonchev–Trinajstić information content (AvgIpc) is 1.70. The van der Waals surface area contributed by atoms with Gasteiger partial charge in [0.25, 0.3) is 0 Å². The van der Waals surface area contributed by atoms with Gasteiger partial charge in [0.15, 0.2) is 0 Å². The van der Waals surface area contributed by atoms with Gasteiger partial charge in [-0.1, -0.05) is 0 Å². The molecule has 0 unspecified atom stereocenters. The first-order valence-electron chi connectivity index (χ1n) is 1.85. The minimum absolute atomic E-state index is 0.230. The topological polar surface area (TPSA) is 120 Å². The van der Waals surface area contributed by atoms with Crippen molar-refractivity contribution in [3.8, 4) is 0 Å².